The highest BCUT2D eigenvalue weighted by Gasteiger charge is 2.27. The number of hydroxylamine groups is 1. The smallest absolute Gasteiger partial charge is 0.350 e. The van der Waals surface area contributed by atoms with Crippen LogP contribution in [0.4, 0.5) is 5.82 Å². The van der Waals surface area contributed by atoms with E-state index in [2.05, 4.69) is 10.5 Å². The zero-order valence-corrected chi connectivity index (χ0v) is 10.4. The first kappa shape index (κ1) is 12.9. The van der Waals surface area contributed by atoms with Gasteiger partial charge in [0, 0.05) is 11.4 Å². The van der Waals surface area contributed by atoms with Crippen molar-refractivity contribution < 1.29 is 9.63 Å². The van der Waals surface area contributed by atoms with E-state index < -0.39 is 0 Å². The summed E-state index contributed by atoms with van der Waals surface area (Å²) in [6.45, 7) is 0.428. The zero-order valence-electron chi connectivity index (χ0n) is 9.61. The van der Waals surface area contributed by atoms with Crippen LogP contribution in [0, 0.1) is 0 Å². The number of nitrogens with zero attached hydrogens (tertiary/aromatic N) is 2. The molecule has 0 bridgehead atoms. The van der Waals surface area contributed by atoms with Gasteiger partial charge in [-0.1, -0.05) is 0 Å². The SMILES string of the molecule is Nc1ccn([C@H]2CC[C@@H](CONC=O)S2)c(=O)n1. The molecule has 0 radical (unpaired) electrons. The van der Waals surface area contributed by atoms with E-state index >= 15 is 0 Å². The number of nitrogens with two attached hydrogens (primary N) is 1. The van der Waals surface area contributed by atoms with Crippen molar-refractivity contribution in [1.29, 1.82) is 0 Å². The molecule has 1 saturated heterocycles. The minimum absolute atomic E-state index is 0.0513. The third-order valence-electron chi connectivity index (χ3n) is 2.65. The maximum absolute atomic E-state index is 11.7. The Morgan fingerprint density at radius 2 is 2.50 bits per heavy atom. The van der Waals surface area contributed by atoms with Crippen molar-refractivity contribution in [2.45, 2.75) is 23.5 Å². The van der Waals surface area contributed by atoms with E-state index in [1.807, 2.05) is 0 Å². The summed E-state index contributed by atoms with van der Waals surface area (Å²) in [4.78, 5) is 30.3. The molecule has 7 nitrogen and oxygen atoms in total. The van der Waals surface area contributed by atoms with Crippen molar-refractivity contribution in [3.8, 4) is 0 Å². The molecule has 8 heteroatoms. The highest BCUT2D eigenvalue weighted by atomic mass is 32.2. The Labute approximate surface area is 108 Å². The molecule has 1 aliphatic heterocycles. The lowest BCUT2D eigenvalue weighted by Gasteiger charge is -2.13. The minimum Gasteiger partial charge on any atom is -0.383 e. The van der Waals surface area contributed by atoms with Gasteiger partial charge in [-0.2, -0.15) is 4.98 Å². The van der Waals surface area contributed by atoms with Crippen molar-refractivity contribution in [2.24, 2.45) is 0 Å². The molecule has 2 heterocycles. The number of rotatable bonds is 5. The van der Waals surface area contributed by atoms with Gasteiger partial charge in [0.05, 0.1) is 12.0 Å². The summed E-state index contributed by atoms with van der Waals surface area (Å²) in [6, 6.07) is 1.61. The molecule has 98 valence electrons. The summed E-state index contributed by atoms with van der Waals surface area (Å²) in [5.41, 5.74) is 7.27. The summed E-state index contributed by atoms with van der Waals surface area (Å²) >= 11 is 1.64. The van der Waals surface area contributed by atoms with Gasteiger partial charge in [-0.05, 0) is 18.9 Å². The van der Waals surface area contributed by atoms with E-state index in [-0.39, 0.29) is 22.1 Å². The Morgan fingerprint density at radius 3 is 3.22 bits per heavy atom. The van der Waals surface area contributed by atoms with Crippen molar-refractivity contribution >= 4 is 24.0 Å². The Bertz CT molecular complexity index is 478. The summed E-state index contributed by atoms with van der Waals surface area (Å²) in [6.07, 6.45) is 3.94. The lowest BCUT2D eigenvalue weighted by Crippen LogP contribution is -2.25. The molecule has 1 amide bonds. The molecule has 0 saturated carbocycles. The molecule has 2 atom stereocenters. The maximum Gasteiger partial charge on any atom is 0.350 e. The molecule has 1 aromatic heterocycles. The van der Waals surface area contributed by atoms with E-state index in [1.54, 1.807) is 28.6 Å². The van der Waals surface area contributed by atoms with E-state index in [4.69, 9.17) is 10.6 Å². The highest BCUT2D eigenvalue weighted by Crippen LogP contribution is 2.40. The lowest BCUT2D eigenvalue weighted by molar-refractivity contribution is -0.120. The number of nitrogens with one attached hydrogen (secondary N) is 1. The number of hydrogen-bond acceptors (Lipinski definition) is 6. The Hall–Kier alpha value is -1.54. The number of anilines is 1. The third-order valence-corrected chi connectivity index (χ3v) is 4.18. The van der Waals surface area contributed by atoms with Crippen LogP contribution in [0.25, 0.3) is 0 Å². The summed E-state index contributed by atoms with van der Waals surface area (Å²) < 4.78 is 1.58. The van der Waals surface area contributed by atoms with Crippen LogP contribution >= 0.6 is 11.8 Å². The molecule has 0 aromatic carbocycles. The molecule has 0 unspecified atom stereocenters. The number of carbonyl (C=O) groups is 1. The molecule has 18 heavy (non-hydrogen) atoms. The van der Waals surface area contributed by atoms with Gasteiger partial charge in [-0.15, -0.1) is 11.8 Å². The van der Waals surface area contributed by atoms with E-state index in [0.29, 0.717) is 13.0 Å². The second-order valence-electron chi connectivity index (χ2n) is 3.88. The van der Waals surface area contributed by atoms with Gasteiger partial charge in [-0.3, -0.25) is 14.2 Å². The van der Waals surface area contributed by atoms with Gasteiger partial charge in [0.15, 0.2) is 0 Å². The zero-order chi connectivity index (χ0) is 13.0. The summed E-state index contributed by atoms with van der Waals surface area (Å²) in [5.74, 6) is 0.231. The first-order valence-corrected chi connectivity index (χ1v) is 6.46. The van der Waals surface area contributed by atoms with Crippen LogP contribution in [0.15, 0.2) is 17.1 Å². The Morgan fingerprint density at radius 1 is 1.67 bits per heavy atom. The second-order valence-corrected chi connectivity index (χ2v) is 5.36. The molecule has 1 fully saturated rings. The van der Waals surface area contributed by atoms with Gasteiger partial charge < -0.3 is 5.73 Å². The first-order chi connectivity index (χ1) is 8.70. The number of hydrogen-bond donors (Lipinski definition) is 2. The van der Waals surface area contributed by atoms with Crippen LogP contribution in [-0.4, -0.2) is 27.8 Å². The molecular formula is C10H14N4O3S. The van der Waals surface area contributed by atoms with Crippen molar-refractivity contribution in [3.63, 3.8) is 0 Å². The van der Waals surface area contributed by atoms with Crippen molar-refractivity contribution in [3.05, 3.63) is 22.7 Å². The lowest BCUT2D eigenvalue weighted by atomic mass is 10.2. The Kier molecular flexibility index (Phi) is 4.21. The van der Waals surface area contributed by atoms with Gasteiger partial charge >= 0.3 is 5.69 Å². The standard InChI is InChI=1S/C10H14N4O3S/c11-8-3-4-14(10(16)13-8)9-2-1-7(18-9)5-17-12-6-15/h3-4,6-7,9H,1-2,5H2,(H,12,15)(H2,11,13,16)/t7-,9+/m0/s1. The van der Waals surface area contributed by atoms with Crippen LogP contribution in [0.1, 0.15) is 18.2 Å². The van der Waals surface area contributed by atoms with Gasteiger partial charge in [0.1, 0.15) is 5.82 Å². The summed E-state index contributed by atoms with van der Waals surface area (Å²) in [7, 11) is 0. The molecule has 2 rings (SSSR count). The summed E-state index contributed by atoms with van der Waals surface area (Å²) in [5, 5.41) is 0.308. The van der Waals surface area contributed by atoms with E-state index in [1.165, 1.54) is 0 Å². The fourth-order valence-corrected chi connectivity index (χ4v) is 3.26. The fourth-order valence-electron chi connectivity index (χ4n) is 1.83. The van der Waals surface area contributed by atoms with Crippen molar-refractivity contribution in [2.75, 3.05) is 12.3 Å². The van der Waals surface area contributed by atoms with Crippen molar-refractivity contribution in [1.82, 2.24) is 15.0 Å². The normalized spacial score (nSPS) is 22.9. The second kappa shape index (κ2) is 5.87. The minimum atomic E-state index is -0.333. The van der Waals surface area contributed by atoms with E-state index in [9.17, 15) is 9.59 Å². The highest BCUT2D eigenvalue weighted by molar-refractivity contribution is 8.00. The number of thioether (sulfide) groups is 1. The number of carbonyl (C=O) groups excluding carboxylic acids is 1. The Balaban J connectivity index is 1.95. The topological polar surface area (TPSA) is 99.2 Å². The van der Waals surface area contributed by atoms with Gasteiger partial charge in [0.2, 0.25) is 6.41 Å². The number of amides is 1. The van der Waals surface area contributed by atoms with Crippen LogP contribution in [-0.2, 0) is 9.63 Å². The maximum atomic E-state index is 11.7. The van der Waals surface area contributed by atoms with Crippen LogP contribution in [0.3, 0.4) is 0 Å². The number of nitrogen functional groups attached to an aromatic ring is 1. The fraction of sp³-hybridized carbons (Fsp3) is 0.500. The van der Waals surface area contributed by atoms with Crippen LogP contribution < -0.4 is 16.9 Å². The molecule has 0 spiro atoms. The third kappa shape index (κ3) is 3.02. The molecule has 1 aromatic rings. The van der Waals surface area contributed by atoms with Crippen LogP contribution in [0.5, 0.6) is 0 Å². The monoisotopic (exact) mass is 270 g/mol. The predicted octanol–water partition coefficient (Wildman–Crippen LogP) is -0.103. The average molecular weight is 270 g/mol. The average Bonchev–Trinajstić information content (AvgIpc) is 2.78. The predicted molar refractivity (Wildman–Crippen MR) is 67.7 cm³/mol. The molecular weight excluding hydrogens is 256 g/mol. The van der Waals surface area contributed by atoms with Crippen LogP contribution in [0.2, 0.25) is 0 Å². The van der Waals surface area contributed by atoms with Gasteiger partial charge in [0.25, 0.3) is 0 Å². The van der Waals surface area contributed by atoms with Gasteiger partial charge in [-0.25, -0.2) is 10.3 Å². The molecule has 0 aliphatic carbocycles. The molecule has 1 aliphatic rings. The van der Waals surface area contributed by atoms with E-state index in [0.717, 1.165) is 12.8 Å². The largest absolute Gasteiger partial charge is 0.383 e. The molecule has 3 N–H and O–H groups in total. The number of aromatic nitrogens is 2. The quantitative estimate of drug-likeness (QED) is 0.440. The first-order valence-electron chi connectivity index (χ1n) is 5.52.